The number of hydrogen-bond donors (Lipinski definition) is 2. The van der Waals surface area contributed by atoms with E-state index >= 15 is 0 Å². The summed E-state index contributed by atoms with van der Waals surface area (Å²) in [7, 11) is 1.61. The van der Waals surface area contributed by atoms with Gasteiger partial charge in [0.25, 0.3) is 0 Å². The quantitative estimate of drug-likeness (QED) is 0.651. The van der Waals surface area contributed by atoms with Crippen LogP contribution < -0.4 is 15.4 Å². The van der Waals surface area contributed by atoms with Gasteiger partial charge in [-0.25, -0.2) is 15.0 Å². The van der Waals surface area contributed by atoms with Crippen LogP contribution in [-0.4, -0.2) is 28.0 Å². The second-order valence-corrected chi connectivity index (χ2v) is 6.87. The van der Waals surface area contributed by atoms with E-state index in [2.05, 4.69) is 25.6 Å². The summed E-state index contributed by atoms with van der Waals surface area (Å²) in [5, 5.41) is 8.50. The minimum atomic E-state index is -0.0968. The number of carbonyl (C=O) groups is 1. The average molecular weight is 383 g/mol. The van der Waals surface area contributed by atoms with Crippen LogP contribution in [0, 0.1) is 13.8 Å². The lowest BCUT2D eigenvalue weighted by atomic mass is 10.2. The Hall–Kier alpha value is -3.00. The molecule has 0 aliphatic rings. The van der Waals surface area contributed by atoms with Crippen molar-refractivity contribution >= 4 is 28.3 Å². The number of benzene rings is 1. The number of para-hydroxylation sites is 1. The second-order valence-electron chi connectivity index (χ2n) is 6.01. The maximum absolute atomic E-state index is 12.2. The molecule has 0 aliphatic carbocycles. The van der Waals surface area contributed by atoms with Crippen LogP contribution in [0.2, 0.25) is 0 Å². The number of aromatic nitrogens is 3. The van der Waals surface area contributed by atoms with Crippen molar-refractivity contribution in [2.45, 2.75) is 26.8 Å². The third-order valence-corrected chi connectivity index (χ3v) is 4.57. The van der Waals surface area contributed by atoms with Crippen LogP contribution in [0.4, 0.5) is 11.1 Å². The SMILES string of the molecule is COc1ccccc1CNC(=O)Cc1csc(Nc2nc(C)cc(C)n2)n1. The Morgan fingerprint density at radius 3 is 2.63 bits per heavy atom. The Bertz CT molecular complexity index is 921. The molecule has 0 spiro atoms. The normalized spacial score (nSPS) is 10.5. The van der Waals surface area contributed by atoms with Crippen molar-refractivity contribution in [3.05, 3.63) is 58.4 Å². The van der Waals surface area contributed by atoms with E-state index in [0.717, 1.165) is 22.7 Å². The Labute approximate surface area is 161 Å². The smallest absolute Gasteiger partial charge is 0.229 e. The van der Waals surface area contributed by atoms with E-state index < -0.39 is 0 Å². The molecule has 0 aliphatic heterocycles. The zero-order valence-electron chi connectivity index (χ0n) is 15.4. The molecule has 8 heteroatoms. The van der Waals surface area contributed by atoms with Crippen molar-refractivity contribution in [2.75, 3.05) is 12.4 Å². The number of anilines is 2. The van der Waals surface area contributed by atoms with Gasteiger partial charge in [0.05, 0.1) is 19.2 Å². The van der Waals surface area contributed by atoms with Crippen molar-refractivity contribution in [3.63, 3.8) is 0 Å². The van der Waals surface area contributed by atoms with Gasteiger partial charge in [0, 0.05) is 28.9 Å². The minimum Gasteiger partial charge on any atom is -0.496 e. The monoisotopic (exact) mass is 383 g/mol. The van der Waals surface area contributed by atoms with Gasteiger partial charge in [0.15, 0.2) is 5.13 Å². The first kappa shape index (κ1) is 18.8. The lowest BCUT2D eigenvalue weighted by Gasteiger charge is -2.09. The van der Waals surface area contributed by atoms with E-state index in [-0.39, 0.29) is 12.3 Å². The van der Waals surface area contributed by atoms with Gasteiger partial charge in [-0.05, 0) is 26.0 Å². The second kappa shape index (κ2) is 8.59. The lowest BCUT2D eigenvalue weighted by Crippen LogP contribution is -2.24. The van der Waals surface area contributed by atoms with E-state index in [1.165, 1.54) is 11.3 Å². The predicted molar refractivity (Wildman–Crippen MR) is 105 cm³/mol. The third kappa shape index (κ3) is 5.24. The molecule has 7 nitrogen and oxygen atoms in total. The highest BCUT2D eigenvalue weighted by Crippen LogP contribution is 2.20. The molecule has 3 rings (SSSR count). The Kier molecular flexibility index (Phi) is 5.97. The largest absolute Gasteiger partial charge is 0.496 e. The lowest BCUT2D eigenvalue weighted by molar-refractivity contribution is -0.120. The van der Waals surface area contributed by atoms with Gasteiger partial charge >= 0.3 is 0 Å². The van der Waals surface area contributed by atoms with Gasteiger partial charge in [0.2, 0.25) is 11.9 Å². The molecule has 0 saturated carbocycles. The van der Waals surface area contributed by atoms with Gasteiger partial charge in [-0.2, -0.15) is 0 Å². The van der Waals surface area contributed by atoms with Gasteiger partial charge in [0.1, 0.15) is 5.75 Å². The van der Waals surface area contributed by atoms with Crippen molar-refractivity contribution in [2.24, 2.45) is 0 Å². The molecule has 1 aromatic carbocycles. The molecule has 0 saturated heterocycles. The fourth-order valence-corrected chi connectivity index (χ4v) is 3.30. The third-order valence-electron chi connectivity index (χ3n) is 3.76. The highest BCUT2D eigenvalue weighted by Gasteiger charge is 2.10. The van der Waals surface area contributed by atoms with Crippen molar-refractivity contribution in [3.8, 4) is 5.75 Å². The molecular weight excluding hydrogens is 362 g/mol. The van der Waals surface area contributed by atoms with Crippen LogP contribution in [0.5, 0.6) is 5.75 Å². The Morgan fingerprint density at radius 1 is 1.15 bits per heavy atom. The van der Waals surface area contributed by atoms with Crippen molar-refractivity contribution < 1.29 is 9.53 Å². The number of amides is 1. The molecule has 0 fully saturated rings. The predicted octanol–water partition coefficient (Wildman–Crippen LogP) is 3.16. The number of rotatable bonds is 7. The van der Waals surface area contributed by atoms with E-state index in [1.54, 1.807) is 7.11 Å². The Morgan fingerprint density at radius 2 is 1.89 bits per heavy atom. The van der Waals surface area contributed by atoms with Crippen molar-refractivity contribution in [1.29, 1.82) is 0 Å². The van der Waals surface area contributed by atoms with Crippen LogP contribution in [0.15, 0.2) is 35.7 Å². The first-order chi connectivity index (χ1) is 13.0. The molecule has 1 amide bonds. The summed E-state index contributed by atoms with van der Waals surface area (Å²) in [6.45, 7) is 4.24. The number of thiazole rings is 1. The molecule has 0 bridgehead atoms. The average Bonchev–Trinajstić information content (AvgIpc) is 3.06. The number of nitrogens with one attached hydrogen (secondary N) is 2. The fraction of sp³-hybridized carbons (Fsp3) is 0.263. The number of carbonyl (C=O) groups excluding carboxylic acids is 1. The van der Waals surface area contributed by atoms with Gasteiger partial charge in [-0.3, -0.25) is 4.79 Å². The Balaban J connectivity index is 1.56. The molecule has 2 aromatic heterocycles. The van der Waals surface area contributed by atoms with Gasteiger partial charge in [-0.1, -0.05) is 18.2 Å². The zero-order valence-corrected chi connectivity index (χ0v) is 16.3. The molecule has 2 N–H and O–H groups in total. The summed E-state index contributed by atoms with van der Waals surface area (Å²) in [4.78, 5) is 25.3. The number of hydrogen-bond acceptors (Lipinski definition) is 7. The molecule has 27 heavy (non-hydrogen) atoms. The molecular formula is C19H21N5O2S. The van der Waals surface area contributed by atoms with Crippen LogP contribution in [0.3, 0.4) is 0 Å². The molecule has 2 heterocycles. The number of nitrogens with zero attached hydrogens (tertiary/aromatic N) is 3. The van der Waals surface area contributed by atoms with Crippen molar-refractivity contribution in [1.82, 2.24) is 20.3 Å². The molecule has 0 unspecified atom stereocenters. The summed E-state index contributed by atoms with van der Waals surface area (Å²) in [6, 6.07) is 9.51. The van der Waals surface area contributed by atoms with E-state index in [4.69, 9.17) is 4.74 Å². The molecule has 3 aromatic rings. The minimum absolute atomic E-state index is 0.0968. The zero-order chi connectivity index (χ0) is 19.2. The number of aryl methyl sites for hydroxylation is 2. The van der Waals surface area contributed by atoms with Crippen LogP contribution in [-0.2, 0) is 17.8 Å². The molecule has 140 valence electrons. The van der Waals surface area contributed by atoms with Gasteiger partial charge in [-0.15, -0.1) is 11.3 Å². The number of methoxy groups -OCH3 is 1. The standard InChI is InChI=1S/C19H21N5O2S/c1-12-8-13(2)22-18(21-12)24-19-23-15(11-27-19)9-17(25)20-10-14-6-4-5-7-16(14)26-3/h4-8,11H,9-10H2,1-3H3,(H,20,25)(H,21,22,23,24). The highest BCUT2D eigenvalue weighted by atomic mass is 32.1. The summed E-state index contributed by atoms with van der Waals surface area (Å²) >= 11 is 1.42. The molecule has 0 radical (unpaired) electrons. The van der Waals surface area contributed by atoms with Gasteiger partial charge < -0.3 is 15.4 Å². The van der Waals surface area contributed by atoms with E-state index in [9.17, 15) is 4.79 Å². The van der Waals surface area contributed by atoms with Crippen LogP contribution >= 0.6 is 11.3 Å². The number of ether oxygens (including phenoxy) is 1. The maximum atomic E-state index is 12.2. The maximum Gasteiger partial charge on any atom is 0.229 e. The van der Waals surface area contributed by atoms with Crippen LogP contribution in [0.1, 0.15) is 22.6 Å². The summed E-state index contributed by atoms with van der Waals surface area (Å²) < 4.78 is 5.29. The summed E-state index contributed by atoms with van der Waals surface area (Å²) in [6.07, 6.45) is 0.209. The first-order valence-electron chi connectivity index (χ1n) is 8.46. The summed E-state index contributed by atoms with van der Waals surface area (Å²) in [5.41, 5.74) is 3.40. The first-order valence-corrected chi connectivity index (χ1v) is 9.34. The van der Waals surface area contributed by atoms with E-state index in [0.29, 0.717) is 23.3 Å². The highest BCUT2D eigenvalue weighted by molar-refractivity contribution is 7.13. The summed E-state index contributed by atoms with van der Waals surface area (Å²) in [5.74, 6) is 1.17. The molecule has 0 atom stereocenters. The fourth-order valence-electron chi connectivity index (χ4n) is 2.59. The van der Waals surface area contributed by atoms with Crippen LogP contribution in [0.25, 0.3) is 0 Å². The topological polar surface area (TPSA) is 89.0 Å². The van der Waals surface area contributed by atoms with E-state index in [1.807, 2.05) is 49.6 Å².